The Morgan fingerprint density at radius 1 is 1.10 bits per heavy atom. The van der Waals surface area contributed by atoms with E-state index in [4.69, 9.17) is 9.84 Å². The van der Waals surface area contributed by atoms with Crippen molar-refractivity contribution >= 4 is 16.9 Å². The van der Waals surface area contributed by atoms with Crippen molar-refractivity contribution in [3.05, 3.63) is 42.1 Å². The van der Waals surface area contributed by atoms with Gasteiger partial charge in [0.05, 0.1) is 24.0 Å². The van der Waals surface area contributed by atoms with Crippen LogP contribution < -0.4 is 4.74 Å². The number of hydrogen-bond acceptors (Lipinski definition) is 2. The predicted molar refractivity (Wildman–Crippen MR) is 80.8 cm³/mol. The van der Waals surface area contributed by atoms with E-state index in [0.717, 1.165) is 28.0 Å². The van der Waals surface area contributed by atoms with Crippen LogP contribution in [0.25, 0.3) is 22.3 Å². The van der Waals surface area contributed by atoms with Gasteiger partial charge in [-0.25, -0.2) is 4.79 Å². The summed E-state index contributed by atoms with van der Waals surface area (Å²) in [5, 5.41) is 10.2. The quantitative estimate of drug-likeness (QED) is 0.804. The molecule has 1 aromatic carbocycles. The number of methoxy groups -OCH3 is 1. The molecule has 0 atom stereocenters. The van der Waals surface area contributed by atoms with Gasteiger partial charge in [-0.05, 0) is 24.3 Å². The number of aromatic nitrogens is 2. The summed E-state index contributed by atoms with van der Waals surface area (Å²) < 4.78 is 9.12. The zero-order valence-corrected chi connectivity index (χ0v) is 12.1. The van der Waals surface area contributed by atoms with E-state index < -0.39 is 5.97 Å². The highest BCUT2D eigenvalue weighted by Gasteiger charge is 2.17. The van der Waals surface area contributed by atoms with E-state index in [0.29, 0.717) is 0 Å². The molecule has 2 aromatic heterocycles. The highest BCUT2D eigenvalue weighted by atomic mass is 16.5. The van der Waals surface area contributed by atoms with E-state index in [1.165, 1.54) is 0 Å². The van der Waals surface area contributed by atoms with Crippen LogP contribution in [-0.2, 0) is 14.1 Å². The molecule has 3 rings (SSSR count). The Balaban J connectivity index is 2.27. The van der Waals surface area contributed by atoms with Crippen LogP contribution in [0, 0.1) is 0 Å². The molecule has 3 aromatic rings. The van der Waals surface area contributed by atoms with Crippen LogP contribution in [0.4, 0.5) is 0 Å². The number of aryl methyl sites for hydroxylation is 1. The first-order chi connectivity index (χ1) is 10.0. The van der Waals surface area contributed by atoms with Gasteiger partial charge in [-0.1, -0.05) is 12.1 Å². The average molecular weight is 284 g/mol. The molecule has 0 spiro atoms. The van der Waals surface area contributed by atoms with E-state index >= 15 is 0 Å². The largest absolute Gasteiger partial charge is 0.495 e. The van der Waals surface area contributed by atoms with E-state index in [1.807, 2.05) is 41.9 Å². The molecule has 0 fully saturated rings. The first-order valence-electron chi connectivity index (χ1n) is 6.56. The molecule has 0 radical (unpaired) electrons. The third-order valence-corrected chi connectivity index (χ3v) is 3.84. The van der Waals surface area contributed by atoms with Gasteiger partial charge in [-0.15, -0.1) is 0 Å². The van der Waals surface area contributed by atoms with E-state index in [-0.39, 0.29) is 5.69 Å². The number of carbonyl (C=O) groups is 1. The van der Waals surface area contributed by atoms with Crippen molar-refractivity contribution in [1.82, 2.24) is 9.13 Å². The van der Waals surface area contributed by atoms with Gasteiger partial charge in [0.1, 0.15) is 11.4 Å². The lowest BCUT2D eigenvalue weighted by Crippen LogP contribution is -2.06. The fraction of sp³-hybridized carbons (Fsp3) is 0.188. The number of ether oxygens (including phenoxy) is 1. The molecule has 0 saturated heterocycles. The smallest absolute Gasteiger partial charge is 0.352 e. The summed E-state index contributed by atoms with van der Waals surface area (Å²) in [7, 11) is 5.35. The molecule has 108 valence electrons. The maximum atomic E-state index is 11.2. The summed E-state index contributed by atoms with van der Waals surface area (Å²) in [6, 6.07) is 11.4. The van der Waals surface area contributed by atoms with Crippen LogP contribution in [0.1, 0.15) is 10.5 Å². The van der Waals surface area contributed by atoms with Gasteiger partial charge in [-0.2, -0.15) is 0 Å². The van der Waals surface area contributed by atoms with Crippen molar-refractivity contribution in [2.45, 2.75) is 0 Å². The van der Waals surface area contributed by atoms with Gasteiger partial charge in [0.15, 0.2) is 0 Å². The van der Waals surface area contributed by atoms with Crippen LogP contribution in [0.2, 0.25) is 0 Å². The molecule has 0 saturated carbocycles. The third kappa shape index (κ3) is 1.89. The Bertz CT molecular complexity index is 843. The molecule has 0 aliphatic carbocycles. The second kappa shape index (κ2) is 4.70. The molecular weight excluding hydrogens is 268 g/mol. The van der Waals surface area contributed by atoms with Gasteiger partial charge >= 0.3 is 5.97 Å². The Kier molecular flexibility index (Phi) is 2.97. The Labute approximate surface area is 122 Å². The van der Waals surface area contributed by atoms with Gasteiger partial charge in [0.25, 0.3) is 0 Å². The van der Waals surface area contributed by atoms with Crippen molar-refractivity contribution in [3.8, 4) is 17.1 Å². The number of fused-ring (bicyclic) bond motifs is 1. The fourth-order valence-electron chi connectivity index (χ4n) is 2.77. The molecule has 0 bridgehead atoms. The van der Waals surface area contributed by atoms with Gasteiger partial charge in [0, 0.05) is 19.5 Å². The Hall–Kier alpha value is -2.69. The van der Waals surface area contributed by atoms with Crippen molar-refractivity contribution < 1.29 is 14.6 Å². The van der Waals surface area contributed by atoms with Crippen molar-refractivity contribution in [2.24, 2.45) is 14.1 Å². The molecule has 0 aliphatic heterocycles. The summed E-state index contributed by atoms with van der Waals surface area (Å²) in [5.41, 5.74) is 3.06. The van der Waals surface area contributed by atoms with E-state index in [2.05, 4.69) is 0 Å². The molecule has 0 unspecified atom stereocenters. The number of benzene rings is 1. The number of nitrogens with zero attached hydrogens (tertiary/aromatic N) is 2. The summed E-state index contributed by atoms with van der Waals surface area (Å²) in [6.07, 6.45) is 0. The minimum absolute atomic E-state index is 0.266. The summed E-state index contributed by atoms with van der Waals surface area (Å²) in [6.45, 7) is 0. The van der Waals surface area contributed by atoms with Crippen LogP contribution in [-0.4, -0.2) is 27.3 Å². The highest BCUT2D eigenvalue weighted by Crippen LogP contribution is 2.33. The molecule has 1 N–H and O–H groups in total. The van der Waals surface area contributed by atoms with E-state index in [1.54, 1.807) is 24.8 Å². The molecular formula is C16H16N2O3. The molecule has 5 nitrogen and oxygen atoms in total. The number of rotatable bonds is 3. The summed E-state index contributed by atoms with van der Waals surface area (Å²) in [4.78, 5) is 11.2. The minimum atomic E-state index is -0.930. The zero-order valence-electron chi connectivity index (χ0n) is 12.1. The molecule has 0 aliphatic rings. The number of carboxylic acid groups (broad SMARTS) is 1. The molecule has 2 heterocycles. The second-order valence-electron chi connectivity index (χ2n) is 4.95. The van der Waals surface area contributed by atoms with Gasteiger partial charge in [-0.3, -0.25) is 0 Å². The van der Waals surface area contributed by atoms with Crippen molar-refractivity contribution in [3.63, 3.8) is 0 Å². The number of carboxylic acids is 1. The van der Waals surface area contributed by atoms with Gasteiger partial charge in [0.2, 0.25) is 0 Å². The average Bonchev–Trinajstić information content (AvgIpc) is 2.99. The highest BCUT2D eigenvalue weighted by molar-refractivity contribution is 5.92. The monoisotopic (exact) mass is 284 g/mol. The third-order valence-electron chi connectivity index (χ3n) is 3.84. The SMILES string of the molecule is COc1cccc2cc(-c3ccc(C(=O)O)n3C)n(C)c12. The van der Waals surface area contributed by atoms with Crippen LogP contribution in [0.3, 0.4) is 0 Å². The maximum absolute atomic E-state index is 11.2. The molecule has 5 heteroatoms. The van der Waals surface area contributed by atoms with Gasteiger partial charge < -0.3 is 19.0 Å². The molecule has 21 heavy (non-hydrogen) atoms. The molecule has 0 amide bonds. The van der Waals surface area contributed by atoms with Crippen molar-refractivity contribution in [2.75, 3.05) is 7.11 Å². The maximum Gasteiger partial charge on any atom is 0.352 e. The first kappa shape index (κ1) is 13.3. The minimum Gasteiger partial charge on any atom is -0.495 e. The normalized spacial score (nSPS) is 11.0. The van der Waals surface area contributed by atoms with Crippen LogP contribution >= 0.6 is 0 Å². The number of aromatic carboxylic acids is 1. The summed E-state index contributed by atoms with van der Waals surface area (Å²) in [5.74, 6) is -0.131. The Morgan fingerprint density at radius 3 is 2.48 bits per heavy atom. The Morgan fingerprint density at radius 2 is 1.86 bits per heavy atom. The van der Waals surface area contributed by atoms with Crippen LogP contribution in [0.5, 0.6) is 5.75 Å². The number of para-hydroxylation sites is 1. The van der Waals surface area contributed by atoms with Crippen LogP contribution in [0.15, 0.2) is 36.4 Å². The first-order valence-corrected chi connectivity index (χ1v) is 6.56. The lowest BCUT2D eigenvalue weighted by atomic mass is 10.2. The zero-order chi connectivity index (χ0) is 15.1. The van der Waals surface area contributed by atoms with Crippen molar-refractivity contribution in [1.29, 1.82) is 0 Å². The van der Waals surface area contributed by atoms with E-state index in [9.17, 15) is 4.79 Å². The topological polar surface area (TPSA) is 56.4 Å². The number of hydrogen-bond donors (Lipinski definition) is 1. The second-order valence-corrected chi connectivity index (χ2v) is 4.95. The lowest BCUT2D eigenvalue weighted by molar-refractivity contribution is 0.0686. The predicted octanol–water partition coefficient (Wildman–Crippen LogP) is 2.89. The lowest BCUT2D eigenvalue weighted by Gasteiger charge is -2.09. The fourth-order valence-corrected chi connectivity index (χ4v) is 2.77. The standard InChI is InChI=1S/C16H16N2O3/c1-17-11(7-8-12(17)16(19)20)13-9-10-5-4-6-14(21-3)15(10)18(13)2/h4-9H,1-3H3,(H,19,20). The summed E-state index contributed by atoms with van der Waals surface area (Å²) >= 11 is 0.